The maximum atomic E-state index is 13.3. The molecule has 0 bridgehead atoms. The van der Waals surface area contributed by atoms with Gasteiger partial charge in [-0.3, -0.25) is 9.78 Å². The van der Waals surface area contributed by atoms with Crippen LogP contribution in [0, 0.1) is 11.8 Å². The summed E-state index contributed by atoms with van der Waals surface area (Å²) in [4.78, 5) is 28.3. The van der Waals surface area contributed by atoms with E-state index in [2.05, 4.69) is 31.1 Å². The fourth-order valence-corrected chi connectivity index (χ4v) is 4.91. The first-order valence-electron chi connectivity index (χ1n) is 10.5. The van der Waals surface area contributed by atoms with Crippen molar-refractivity contribution in [1.29, 1.82) is 0 Å². The first-order chi connectivity index (χ1) is 15.3. The Hall–Kier alpha value is -3.81. The smallest absolute Gasteiger partial charge is 0.256 e. The van der Waals surface area contributed by atoms with E-state index >= 15 is 0 Å². The number of anilines is 1. The zero-order chi connectivity index (χ0) is 20.8. The van der Waals surface area contributed by atoms with Crippen LogP contribution in [0.3, 0.4) is 0 Å². The van der Waals surface area contributed by atoms with E-state index in [0.29, 0.717) is 23.1 Å². The molecule has 2 fully saturated rings. The van der Waals surface area contributed by atoms with Crippen molar-refractivity contribution in [3.63, 3.8) is 0 Å². The number of carbonyl (C=O) groups excluding carboxylic acids is 1. The van der Waals surface area contributed by atoms with Gasteiger partial charge >= 0.3 is 0 Å². The summed E-state index contributed by atoms with van der Waals surface area (Å²) in [5, 5.41) is 9.48. The van der Waals surface area contributed by atoms with Gasteiger partial charge in [0, 0.05) is 55.8 Å². The minimum atomic E-state index is 0.0429. The van der Waals surface area contributed by atoms with E-state index in [9.17, 15) is 4.79 Å². The fraction of sp³-hybridized carbons (Fsp3) is 0.261. The standard InChI is InChI=1S/C23H21N7O/c31-23(19-4-1-2-6-21(19)30-26-10-11-27-30)29-14-16-12-28(13-17(16)15-29)22-18-5-3-8-24-20(18)7-9-25-22/h1-11,16-17H,12-15H2. The van der Waals surface area contributed by atoms with Crippen LogP contribution in [0.5, 0.6) is 0 Å². The lowest BCUT2D eigenvalue weighted by atomic mass is 10.0. The summed E-state index contributed by atoms with van der Waals surface area (Å²) in [6.07, 6.45) is 6.87. The van der Waals surface area contributed by atoms with E-state index in [0.717, 1.165) is 42.9 Å². The minimum Gasteiger partial charge on any atom is -0.355 e. The maximum Gasteiger partial charge on any atom is 0.256 e. The molecule has 8 nitrogen and oxygen atoms in total. The summed E-state index contributed by atoms with van der Waals surface area (Å²) < 4.78 is 0. The summed E-state index contributed by atoms with van der Waals surface area (Å²) in [6, 6.07) is 13.5. The minimum absolute atomic E-state index is 0.0429. The van der Waals surface area contributed by atoms with Crippen molar-refractivity contribution < 1.29 is 4.79 Å². The third-order valence-corrected chi connectivity index (χ3v) is 6.35. The van der Waals surface area contributed by atoms with Crippen LogP contribution in [-0.2, 0) is 0 Å². The molecule has 31 heavy (non-hydrogen) atoms. The second-order valence-corrected chi connectivity index (χ2v) is 8.18. The van der Waals surface area contributed by atoms with Crippen molar-refractivity contribution in [3.05, 3.63) is 72.8 Å². The lowest BCUT2D eigenvalue weighted by molar-refractivity contribution is 0.0782. The number of rotatable bonds is 3. The first-order valence-corrected chi connectivity index (χ1v) is 10.5. The summed E-state index contributed by atoms with van der Waals surface area (Å²) in [5.41, 5.74) is 2.31. The molecule has 8 heteroatoms. The number of fused-ring (bicyclic) bond motifs is 2. The highest BCUT2D eigenvalue weighted by Crippen LogP contribution is 2.36. The number of amides is 1. The molecule has 5 heterocycles. The van der Waals surface area contributed by atoms with Gasteiger partial charge in [-0.2, -0.15) is 15.0 Å². The zero-order valence-electron chi connectivity index (χ0n) is 16.9. The van der Waals surface area contributed by atoms with E-state index < -0.39 is 0 Å². The molecule has 1 aromatic carbocycles. The van der Waals surface area contributed by atoms with Gasteiger partial charge in [0.2, 0.25) is 0 Å². The van der Waals surface area contributed by atoms with Gasteiger partial charge in [0.25, 0.3) is 5.91 Å². The molecule has 2 aliphatic rings. The van der Waals surface area contributed by atoms with Crippen LogP contribution in [0.25, 0.3) is 16.6 Å². The molecule has 0 spiro atoms. The van der Waals surface area contributed by atoms with Gasteiger partial charge in [0.05, 0.1) is 29.2 Å². The number of nitrogens with zero attached hydrogens (tertiary/aromatic N) is 7. The third kappa shape index (κ3) is 3.02. The van der Waals surface area contributed by atoms with Crippen molar-refractivity contribution >= 4 is 22.6 Å². The molecular formula is C23H21N7O. The normalized spacial score (nSPS) is 20.4. The Morgan fingerprint density at radius 3 is 2.39 bits per heavy atom. The van der Waals surface area contributed by atoms with Gasteiger partial charge < -0.3 is 9.80 Å². The fourth-order valence-electron chi connectivity index (χ4n) is 4.91. The van der Waals surface area contributed by atoms with Crippen LogP contribution in [0.4, 0.5) is 5.82 Å². The molecule has 0 saturated carbocycles. The second-order valence-electron chi connectivity index (χ2n) is 8.18. The van der Waals surface area contributed by atoms with Crippen LogP contribution < -0.4 is 4.90 Å². The molecule has 6 rings (SSSR count). The molecule has 0 radical (unpaired) electrons. The summed E-state index contributed by atoms with van der Waals surface area (Å²) in [7, 11) is 0. The van der Waals surface area contributed by atoms with Gasteiger partial charge in [-0.05, 0) is 30.3 Å². The van der Waals surface area contributed by atoms with E-state index in [1.165, 1.54) is 4.80 Å². The Morgan fingerprint density at radius 1 is 0.806 bits per heavy atom. The van der Waals surface area contributed by atoms with Gasteiger partial charge in [0.1, 0.15) is 5.82 Å². The highest BCUT2D eigenvalue weighted by atomic mass is 16.2. The first kappa shape index (κ1) is 18.0. The number of pyridine rings is 2. The number of aromatic nitrogens is 5. The van der Waals surface area contributed by atoms with Crippen LogP contribution in [0.2, 0.25) is 0 Å². The van der Waals surface area contributed by atoms with Crippen LogP contribution in [0.1, 0.15) is 10.4 Å². The van der Waals surface area contributed by atoms with Crippen LogP contribution >= 0.6 is 0 Å². The van der Waals surface area contributed by atoms with E-state index in [1.54, 1.807) is 12.4 Å². The van der Waals surface area contributed by atoms with E-state index in [-0.39, 0.29) is 5.91 Å². The summed E-state index contributed by atoms with van der Waals surface area (Å²) >= 11 is 0. The van der Waals surface area contributed by atoms with Gasteiger partial charge in [-0.25, -0.2) is 4.98 Å². The molecule has 1 amide bonds. The molecule has 2 unspecified atom stereocenters. The predicted octanol–water partition coefficient (Wildman–Crippen LogP) is 2.42. The average molecular weight is 411 g/mol. The van der Waals surface area contributed by atoms with Crippen molar-refractivity contribution in [2.45, 2.75) is 0 Å². The van der Waals surface area contributed by atoms with Crippen molar-refractivity contribution in [2.75, 3.05) is 31.1 Å². The van der Waals surface area contributed by atoms with Crippen molar-refractivity contribution in [3.8, 4) is 5.69 Å². The SMILES string of the molecule is O=C(c1ccccc1-n1nccn1)N1CC2CN(c3nccc4ncccc34)CC2C1. The molecule has 2 aliphatic heterocycles. The largest absolute Gasteiger partial charge is 0.355 e. The predicted molar refractivity (Wildman–Crippen MR) is 116 cm³/mol. The van der Waals surface area contributed by atoms with Crippen LogP contribution in [0.15, 0.2) is 67.3 Å². The number of benzene rings is 1. The van der Waals surface area contributed by atoms with Crippen molar-refractivity contribution in [1.82, 2.24) is 29.9 Å². The summed E-state index contributed by atoms with van der Waals surface area (Å²) in [6.45, 7) is 3.31. The van der Waals surface area contributed by atoms with E-state index in [1.807, 2.05) is 53.7 Å². The topological polar surface area (TPSA) is 80.0 Å². The Bertz CT molecular complexity index is 1240. The van der Waals surface area contributed by atoms with Gasteiger partial charge in [-0.15, -0.1) is 0 Å². The molecule has 2 atom stereocenters. The second kappa shape index (κ2) is 7.16. The van der Waals surface area contributed by atoms with Crippen LogP contribution in [-0.4, -0.2) is 61.9 Å². The maximum absolute atomic E-state index is 13.3. The Labute approximate surface area is 179 Å². The Kier molecular flexibility index (Phi) is 4.15. The highest BCUT2D eigenvalue weighted by molar-refractivity contribution is 5.98. The summed E-state index contributed by atoms with van der Waals surface area (Å²) in [5.74, 6) is 1.91. The number of likely N-dealkylation sites (tertiary alicyclic amines) is 1. The molecule has 2 saturated heterocycles. The lowest BCUT2D eigenvalue weighted by Gasteiger charge is -2.24. The third-order valence-electron chi connectivity index (χ3n) is 6.35. The van der Waals surface area contributed by atoms with Crippen molar-refractivity contribution in [2.24, 2.45) is 11.8 Å². The number of para-hydroxylation sites is 1. The molecule has 3 aromatic heterocycles. The highest BCUT2D eigenvalue weighted by Gasteiger charge is 2.42. The number of carbonyl (C=O) groups is 1. The quantitative estimate of drug-likeness (QED) is 0.515. The lowest BCUT2D eigenvalue weighted by Crippen LogP contribution is -2.34. The molecular weight excluding hydrogens is 390 g/mol. The Balaban J connectivity index is 1.21. The average Bonchev–Trinajstić information content (AvgIpc) is 3.55. The number of hydrogen-bond acceptors (Lipinski definition) is 6. The van der Waals surface area contributed by atoms with E-state index in [4.69, 9.17) is 0 Å². The molecule has 4 aromatic rings. The Morgan fingerprint density at radius 2 is 1.58 bits per heavy atom. The molecule has 0 N–H and O–H groups in total. The van der Waals surface area contributed by atoms with Gasteiger partial charge in [0.15, 0.2) is 0 Å². The monoisotopic (exact) mass is 411 g/mol. The number of hydrogen-bond donors (Lipinski definition) is 0. The van der Waals surface area contributed by atoms with Gasteiger partial charge in [-0.1, -0.05) is 12.1 Å². The molecule has 154 valence electrons. The molecule has 0 aliphatic carbocycles. The zero-order valence-corrected chi connectivity index (χ0v) is 16.9.